The summed E-state index contributed by atoms with van der Waals surface area (Å²) in [5, 5.41) is 2.98. The number of amides is 4. The number of sulfone groups is 1. The zero-order valence-electron chi connectivity index (χ0n) is 24.1. The van der Waals surface area contributed by atoms with Gasteiger partial charge in [-0.2, -0.15) is 0 Å². The first-order valence-electron chi connectivity index (χ1n) is 14.5. The maximum absolute atomic E-state index is 13.5. The molecule has 3 saturated heterocycles. The number of halogens is 1. The molecule has 4 amide bonds. The van der Waals surface area contributed by atoms with Gasteiger partial charge in [-0.1, -0.05) is 49.4 Å². The lowest BCUT2D eigenvalue weighted by Crippen LogP contribution is -2.55. The molecule has 6 rings (SSSR count). The highest BCUT2D eigenvalue weighted by atomic mass is 35.5. The van der Waals surface area contributed by atoms with Crippen molar-refractivity contribution in [2.24, 2.45) is 11.3 Å². The van der Waals surface area contributed by atoms with Gasteiger partial charge in [-0.25, -0.2) is 13.2 Å². The molecule has 0 aromatic heterocycles. The second-order valence-corrected chi connectivity index (χ2v) is 14.7. The van der Waals surface area contributed by atoms with Crippen molar-refractivity contribution in [1.82, 2.24) is 20.0 Å². The second kappa shape index (κ2) is 11.3. The van der Waals surface area contributed by atoms with E-state index in [1.807, 2.05) is 6.07 Å². The molecule has 0 radical (unpaired) electrons. The van der Waals surface area contributed by atoms with Crippen molar-refractivity contribution >= 4 is 40.1 Å². The minimum Gasteiger partial charge on any atom is -0.341 e. The van der Waals surface area contributed by atoms with Gasteiger partial charge in [0.1, 0.15) is 5.54 Å². The molecule has 3 heterocycles. The van der Waals surface area contributed by atoms with E-state index < -0.39 is 21.4 Å². The molecule has 226 valence electrons. The minimum absolute atomic E-state index is 0. The summed E-state index contributed by atoms with van der Waals surface area (Å²) in [7, 11) is -3.32. The van der Waals surface area contributed by atoms with Crippen molar-refractivity contribution in [3.05, 3.63) is 65.7 Å². The van der Waals surface area contributed by atoms with E-state index >= 15 is 0 Å². The molecular weight excluding hydrogens is 576 g/mol. The predicted octanol–water partition coefficient (Wildman–Crippen LogP) is 3.44. The molecule has 2 aromatic rings. The number of carbonyl (C=O) groups is 3. The van der Waals surface area contributed by atoms with Gasteiger partial charge in [0.2, 0.25) is 5.91 Å². The summed E-state index contributed by atoms with van der Waals surface area (Å²) in [4.78, 5) is 45.5. The molecule has 11 heteroatoms. The molecule has 4 fully saturated rings. The molecule has 0 unspecified atom stereocenters. The SMILES string of the molecule is CC1(C(=O)N2C[C@H](CN3CCC4(CC3)NC(=O)N(Cc3ccc(S(C)(=O)=O)cc3)C4=O)[C@@H](c3ccccc3)C2)CC1.Cl. The van der Waals surface area contributed by atoms with E-state index in [9.17, 15) is 22.8 Å². The van der Waals surface area contributed by atoms with Gasteiger partial charge >= 0.3 is 6.03 Å². The van der Waals surface area contributed by atoms with Gasteiger partial charge < -0.3 is 15.1 Å². The lowest BCUT2D eigenvalue weighted by molar-refractivity contribution is -0.135. The first kappa shape index (κ1) is 30.5. The van der Waals surface area contributed by atoms with Crippen LogP contribution in [0.25, 0.3) is 0 Å². The van der Waals surface area contributed by atoms with E-state index in [0.29, 0.717) is 37.4 Å². The third kappa shape index (κ3) is 5.81. The van der Waals surface area contributed by atoms with Crippen LogP contribution in [-0.2, 0) is 26.0 Å². The largest absolute Gasteiger partial charge is 0.341 e. The summed E-state index contributed by atoms with van der Waals surface area (Å²) in [6.07, 6.45) is 4.16. The Bertz CT molecular complexity index is 1450. The van der Waals surface area contributed by atoms with Crippen LogP contribution in [0.4, 0.5) is 4.79 Å². The van der Waals surface area contributed by atoms with Gasteiger partial charge in [0, 0.05) is 50.3 Å². The summed E-state index contributed by atoms with van der Waals surface area (Å²) in [5.41, 5.74) is 0.872. The average molecular weight is 615 g/mol. The maximum Gasteiger partial charge on any atom is 0.325 e. The second-order valence-electron chi connectivity index (χ2n) is 12.7. The van der Waals surface area contributed by atoms with E-state index in [1.54, 1.807) is 12.1 Å². The molecule has 9 nitrogen and oxygen atoms in total. The zero-order valence-corrected chi connectivity index (χ0v) is 25.8. The molecule has 1 aliphatic carbocycles. The van der Waals surface area contributed by atoms with Crippen LogP contribution in [-0.4, -0.2) is 85.5 Å². The monoisotopic (exact) mass is 614 g/mol. The minimum atomic E-state index is -3.32. The zero-order chi connectivity index (χ0) is 29.0. The number of nitrogens with one attached hydrogen (secondary N) is 1. The number of nitrogens with zero attached hydrogens (tertiary/aromatic N) is 3. The van der Waals surface area contributed by atoms with Gasteiger partial charge in [0.05, 0.1) is 11.4 Å². The number of rotatable bonds is 7. The van der Waals surface area contributed by atoms with E-state index in [-0.39, 0.29) is 47.0 Å². The molecule has 0 bridgehead atoms. The number of hydrogen-bond acceptors (Lipinski definition) is 6. The van der Waals surface area contributed by atoms with Crippen LogP contribution in [0.5, 0.6) is 0 Å². The molecule has 3 aliphatic heterocycles. The van der Waals surface area contributed by atoms with E-state index in [4.69, 9.17) is 0 Å². The van der Waals surface area contributed by atoms with Crippen molar-refractivity contribution in [3.63, 3.8) is 0 Å². The first-order chi connectivity index (χ1) is 19.5. The van der Waals surface area contributed by atoms with Gasteiger partial charge in [0.15, 0.2) is 9.84 Å². The number of likely N-dealkylation sites (tertiary alicyclic amines) is 2. The fourth-order valence-electron chi connectivity index (χ4n) is 6.72. The first-order valence-corrected chi connectivity index (χ1v) is 16.4. The fraction of sp³-hybridized carbons (Fsp3) is 0.516. The van der Waals surface area contributed by atoms with E-state index in [2.05, 4.69) is 46.3 Å². The molecule has 4 aliphatic rings. The highest BCUT2D eigenvalue weighted by molar-refractivity contribution is 7.90. The fourth-order valence-corrected chi connectivity index (χ4v) is 7.35. The third-order valence-corrected chi connectivity index (χ3v) is 10.7. The maximum atomic E-state index is 13.5. The summed E-state index contributed by atoms with van der Waals surface area (Å²) < 4.78 is 23.5. The number of piperidine rings is 1. The van der Waals surface area contributed by atoms with Crippen LogP contribution in [0.1, 0.15) is 49.7 Å². The Hall–Kier alpha value is -2.95. The van der Waals surface area contributed by atoms with Crippen LogP contribution in [0, 0.1) is 11.3 Å². The number of imide groups is 1. The van der Waals surface area contributed by atoms with Crippen molar-refractivity contribution in [3.8, 4) is 0 Å². The Kier molecular flexibility index (Phi) is 8.19. The number of urea groups is 1. The van der Waals surface area contributed by atoms with Gasteiger partial charge in [-0.15, -0.1) is 12.4 Å². The highest BCUT2D eigenvalue weighted by Gasteiger charge is 2.53. The van der Waals surface area contributed by atoms with Crippen molar-refractivity contribution in [2.45, 2.75) is 55.5 Å². The quantitative estimate of drug-likeness (QED) is 0.479. The summed E-state index contributed by atoms with van der Waals surface area (Å²) >= 11 is 0. The number of carbonyl (C=O) groups excluding carboxylic acids is 3. The van der Waals surface area contributed by atoms with E-state index in [1.165, 1.54) is 22.6 Å². The Morgan fingerprint density at radius 1 is 0.952 bits per heavy atom. The normalized spacial score (nSPS) is 24.9. The highest BCUT2D eigenvalue weighted by Crippen LogP contribution is 2.48. The third-order valence-electron chi connectivity index (χ3n) is 9.61. The van der Waals surface area contributed by atoms with Crippen LogP contribution in [0.15, 0.2) is 59.5 Å². The standard InChI is InChI=1S/C31H38N4O5S.ClH/c1-30(12-13-30)27(36)34-20-24(26(21-34)23-6-4-3-5-7-23)19-33-16-14-31(15-17-33)28(37)35(29(38)32-31)18-22-8-10-25(11-9-22)41(2,39)40;/h3-11,24,26H,12-21H2,1-2H3,(H,32,38);1H/t24-,26+;/m0./s1. The van der Waals surface area contributed by atoms with Gasteiger partial charge in [0.25, 0.3) is 5.91 Å². The molecule has 42 heavy (non-hydrogen) atoms. The van der Waals surface area contributed by atoms with Crippen molar-refractivity contribution in [1.29, 1.82) is 0 Å². The van der Waals surface area contributed by atoms with Crippen LogP contribution in [0.3, 0.4) is 0 Å². The van der Waals surface area contributed by atoms with Gasteiger partial charge in [-0.3, -0.25) is 14.5 Å². The summed E-state index contributed by atoms with van der Waals surface area (Å²) in [6.45, 7) is 5.88. The smallest absolute Gasteiger partial charge is 0.325 e. The van der Waals surface area contributed by atoms with Crippen molar-refractivity contribution < 1.29 is 22.8 Å². The number of benzene rings is 2. The summed E-state index contributed by atoms with van der Waals surface area (Å²) in [6, 6.07) is 16.3. The molecule has 1 saturated carbocycles. The predicted molar refractivity (Wildman–Crippen MR) is 161 cm³/mol. The Labute approximate surface area is 253 Å². The van der Waals surface area contributed by atoms with Crippen LogP contribution >= 0.6 is 12.4 Å². The molecule has 1 N–H and O–H groups in total. The summed E-state index contributed by atoms with van der Waals surface area (Å²) in [5.74, 6) is 0.643. The lowest BCUT2D eigenvalue weighted by Gasteiger charge is -2.38. The molecular formula is C31H39ClN4O5S. The van der Waals surface area contributed by atoms with Crippen LogP contribution < -0.4 is 5.32 Å². The topological polar surface area (TPSA) is 107 Å². The lowest BCUT2D eigenvalue weighted by atomic mass is 9.85. The molecule has 2 aromatic carbocycles. The molecule has 1 spiro atoms. The molecule has 2 atom stereocenters. The van der Waals surface area contributed by atoms with Gasteiger partial charge in [-0.05, 0) is 54.9 Å². The van der Waals surface area contributed by atoms with Crippen molar-refractivity contribution in [2.75, 3.05) is 39.0 Å². The average Bonchev–Trinajstić information content (AvgIpc) is 3.51. The Morgan fingerprint density at radius 2 is 1.60 bits per heavy atom. The van der Waals surface area contributed by atoms with E-state index in [0.717, 1.165) is 38.7 Å². The van der Waals surface area contributed by atoms with Crippen LogP contribution in [0.2, 0.25) is 0 Å². The Balaban J connectivity index is 0.00000353. The Morgan fingerprint density at radius 3 is 2.19 bits per heavy atom. The number of hydrogen-bond donors (Lipinski definition) is 1.